The Bertz CT molecular complexity index is 3570. The van der Waals surface area contributed by atoms with Crippen molar-refractivity contribution >= 4 is 65.4 Å². The van der Waals surface area contributed by atoms with Crippen LogP contribution in [0.25, 0.3) is 122 Å². The van der Waals surface area contributed by atoms with Gasteiger partial charge in [0.05, 0.1) is 5.39 Å². The second-order valence-electron chi connectivity index (χ2n) is 14.6. The molecule has 0 radical (unpaired) electrons. The van der Waals surface area contributed by atoms with Crippen LogP contribution in [0.4, 0.5) is 0 Å². The molecule has 58 heavy (non-hydrogen) atoms. The molecule has 6 heteroatoms. The van der Waals surface area contributed by atoms with Crippen LogP contribution in [0, 0.1) is 0 Å². The Balaban J connectivity index is 1.02. The zero-order chi connectivity index (χ0) is 38.2. The number of benzene rings is 9. The number of rotatable bonds is 5. The van der Waals surface area contributed by atoms with Crippen molar-refractivity contribution in [2.75, 3.05) is 0 Å². The molecular formula is C52H30N4O2. The molecule has 3 aromatic heterocycles. The highest BCUT2D eigenvalue weighted by Gasteiger charge is 2.19. The Morgan fingerprint density at radius 2 is 0.931 bits per heavy atom. The number of aromatic nitrogens is 4. The van der Waals surface area contributed by atoms with Crippen LogP contribution in [0.15, 0.2) is 191 Å². The molecule has 0 aliphatic rings. The van der Waals surface area contributed by atoms with Gasteiger partial charge in [-0.05, 0) is 92.0 Å². The van der Waals surface area contributed by atoms with E-state index in [1.165, 1.54) is 16.2 Å². The first kappa shape index (κ1) is 32.3. The van der Waals surface area contributed by atoms with Gasteiger partial charge in [-0.15, -0.1) is 0 Å². The third-order valence-electron chi connectivity index (χ3n) is 11.1. The number of oxazole rings is 1. The summed E-state index contributed by atoms with van der Waals surface area (Å²) in [6.07, 6.45) is 0. The molecule has 0 unspecified atom stereocenters. The van der Waals surface area contributed by atoms with Crippen molar-refractivity contribution in [3.05, 3.63) is 182 Å². The van der Waals surface area contributed by atoms with Crippen LogP contribution in [-0.2, 0) is 0 Å². The van der Waals surface area contributed by atoms with Gasteiger partial charge in [-0.2, -0.15) is 0 Å². The fourth-order valence-electron chi connectivity index (χ4n) is 8.29. The minimum atomic E-state index is 0.586. The molecule has 6 nitrogen and oxygen atoms in total. The van der Waals surface area contributed by atoms with Crippen molar-refractivity contribution in [2.24, 2.45) is 0 Å². The van der Waals surface area contributed by atoms with Gasteiger partial charge in [0.2, 0.25) is 5.89 Å². The normalized spacial score (nSPS) is 11.8. The third kappa shape index (κ3) is 5.27. The first-order chi connectivity index (χ1) is 28.7. The van der Waals surface area contributed by atoms with Crippen LogP contribution in [-0.4, -0.2) is 19.9 Å². The summed E-state index contributed by atoms with van der Waals surface area (Å²) in [5.41, 5.74) is 8.86. The van der Waals surface area contributed by atoms with E-state index in [0.717, 1.165) is 82.6 Å². The summed E-state index contributed by atoms with van der Waals surface area (Å²) in [5.74, 6) is 2.39. The summed E-state index contributed by atoms with van der Waals surface area (Å²) < 4.78 is 12.7. The van der Waals surface area contributed by atoms with Gasteiger partial charge in [-0.25, -0.2) is 19.9 Å². The van der Waals surface area contributed by atoms with Crippen LogP contribution in [0.1, 0.15) is 0 Å². The smallest absolute Gasteiger partial charge is 0.227 e. The molecule has 9 aromatic carbocycles. The van der Waals surface area contributed by atoms with Crippen molar-refractivity contribution in [1.29, 1.82) is 0 Å². The Kier molecular flexibility index (Phi) is 7.13. The maximum atomic E-state index is 6.48. The number of furan rings is 1. The van der Waals surface area contributed by atoms with Crippen molar-refractivity contribution in [3.63, 3.8) is 0 Å². The summed E-state index contributed by atoms with van der Waals surface area (Å²) in [6, 6.07) is 62.5. The maximum Gasteiger partial charge on any atom is 0.227 e. The highest BCUT2D eigenvalue weighted by molar-refractivity contribution is 6.19. The molecule has 0 N–H and O–H groups in total. The second kappa shape index (κ2) is 12.8. The summed E-state index contributed by atoms with van der Waals surface area (Å²) in [7, 11) is 0. The van der Waals surface area contributed by atoms with Gasteiger partial charge in [-0.1, -0.05) is 133 Å². The molecule has 0 fully saturated rings. The summed E-state index contributed by atoms with van der Waals surface area (Å²) in [6.45, 7) is 0. The minimum Gasteiger partial charge on any atom is -0.456 e. The third-order valence-corrected chi connectivity index (χ3v) is 11.1. The van der Waals surface area contributed by atoms with E-state index in [2.05, 4.69) is 127 Å². The molecule has 0 spiro atoms. The first-order valence-electron chi connectivity index (χ1n) is 19.3. The molecule has 0 saturated carbocycles. The van der Waals surface area contributed by atoms with Gasteiger partial charge in [-0.3, -0.25) is 0 Å². The summed E-state index contributed by atoms with van der Waals surface area (Å²) in [5, 5.41) is 8.76. The average molecular weight is 743 g/mol. The molecule has 0 aliphatic heterocycles. The Morgan fingerprint density at radius 3 is 1.76 bits per heavy atom. The molecule has 0 bridgehead atoms. The molecular weight excluding hydrogens is 713 g/mol. The van der Waals surface area contributed by atoms with Crippen LogP contribution >= 0.6 is 0 Å². The van der Waals surface area contributed by atoms with E-state index in [-0.39, 0.29) is 0 Å². The second-order valence-corrected chi connectivity index (χ2v) is 14.6. The van der Waals surface area contributed by atoms with Crippen molar-refractivity contribution in [1.82, 2.24) is 19.9 Å². The molecule has 3 heterocycles. The zero-order valence-electron chi connectivity index (χ0n) is 30.9. The van der Waals surface area contributed by atoms with E-state index < -0.39 is 0 Å². The van der Waals surface area contributed by atoms with E-state index >= 15 is 0 Å². The van der Waals surface area contributed by atoms with E-state index in [4.69, 9.17) is 28.8 Å². The zero-order valence-corrected chi connectivity index (χ0v) is 30.9. The molecule has 0 saturated heterocycles. The largest absolute Gasteiger partial charge is 0.456 e. The van der Waals surface area contributed by atoms with Gasteiger partial charge < -0.3 is 8.83 Å². The molecule has 12 rings (SSSR count). The Hall–Kier alpha value is -7.96. The monoisotopic (exact) mass is 742 g/mol. The SMILES string of the molecule is c1ccc(-c2nc3c(ccc4oc5cc6cc(-c7nc(-c8ccc9c(ccc%10ccccc%109)c8)nc(-c8ccccc8-c8ccccc8)n7)ccc6cc5c43)o2)cc1. The molecule has 0 amide bonds. The maximum absolute atomic E-state index is 6.48. The summed E-state index contributed by atoms with van der Waals surface area (Å²) in [4.78, 5) is 20.5. The predicted octanol–water partition coefficient (Wildman–Crippen LogP) is 13.7. The van der Waals surface area contributed by atoms with Gasteiger partial charge >= 0.3 is 0 Å². The molecule has 12 aromatic rings. The number of hydrogen-bond donors (Lipinski definition) is 0. The number of fused-ring (bicyclic) bond motifs is 9. The Morgan fingerprint density at radius 1 is 0.310 bits per heavy atom. The lowest BCUT2D eigenvalue weighted by atomic mass is 9.98. The number of nitrogens with zero attached hydrogens (tertiary/aromatic N) is 4. The lowest BCUT2D eigenvalue weighted by Gasteiger charge is -2.13. The van der Waals surface area contributed by atoms with Crippen molar-refractivity contribution in [3.8, 4) is 56.7 Å². The van der Waals surface area contributed by atoms with Crippen LogP contribution in [0.2, 0.25) is 0 Å². The van der Waals surface area contributed by atoms with Gasteiger partial charge in [0.25, 0.3) is 0 Å². The Labute approximate surface area is 331 Å². The fourth-order valence-corrected chi connectivity index (χ4v) is 8.29. The first-order valence-corrected chi connectivity index (χ1v) is 19.3. The predicted molar refractivity (Wildman–Crippen MR) is 234 cm³/mol. The lowest BCUT2D eigenvalue weighted by molar-refractivity contribution is 0.619. The van der Waals surface area contributed by atoms with E-state index in [0.29, 0.717) is 23.4 Å². The van der Waals surface area contributed by atoms with Gasteiger partial charge in [0.1, 0.15) is 16.7 Å². The minimum absolute atomic E-state index is 0.586. The fraction of sp³-hybridized carbons (Fsp3) is 0. The summed E-state index contributed by atoms with van der Waals surface area (Å²) >= 11 is 0. The quantitative estimate of drug-likeness (QED) is 0.163. The topological polar surface area (TPSA) is 77.8 Å². The molecule has 0 aliphatic carbocycles. The van der Waals surface area contributed by atoms with E-state index in [1.807, 2.05) is 54.6 Å². The van der Waals surface area contributed by atoms with Crippen LogP contribution in [0.3, 0.4) is 0 Å². The van der Waals surface area contributed by atoms with Crippen molar-refractivity contribution < 1.29 is 8.83 Å². The average Bonchev–Trinajstić information content (AvgIpc) is 3.89. The lowest BCUT2D eigenvalue weighted by Crippen LogP contribution is -2.01. The standard InChI is InChI=1S/C52H30N4O2/c1-3-11-31(12-4-1)40-17-9-10-18-42(40)51-55-49(54-50(56-51)37-23-24-41-35(27-37)21-19-32-13-7-8-16-39(32)41)36-22-20-34-29-43-46(30-38(34)28-36)57-44-25-26-45-48(47(43)44)53-52(58-45)33-14-5-2-6-15-33/h1-30H. The highest BCUT2D eigenvalue weighted by Crippen LogP contribution is 2.39. The highest BCUT2D eigenvalue weighted by atomic mass is 16.4. The van der Waals surface area contributed by atoms with Gasteiger partial charge in [0, 0.05) is 27.6 Å². The molecule has 0 atom stereocenters. The number of hydrogen-bond acceptors (Lipinski definition) is 6. The van der Waals surface area contributed by atoms with Crippen LogP contribution < -0.4 is 0 Å². The van der Waals surface area contributed by atoms with Gasteiger partial charge in [0.15, 0.2) is 23.1 Å². The van der Waals surface area contributed by atoms with Crippen LogP contribution in [0.5, 0.6) is 0 Å². The van der Waals surface area contributed by atoms with E-state index in [9.17, 15) is 0 Å². The molecule has 270 valence electrons. The van der Waals surface area contributed by atoms with Crippen molar-refractivity contribution in [2.45, 2.75) is 0 Å². The van der Waals surface area contributed by atoms with E-state index in [1.54, 1.807) is 0 Å².